The number of ether oxygens (including phenoxy) is 3. The van der Waals surface area contributed by atoms with E-state index >= 15 is 0 Å². The van der Waals surface area contributed by atoms with Crippen molar-refractivity contribution in [1.82, 2.24) is 0 Å². The van der Waals surface area contributed by atoms with E-state index in [4.69, 9.17) is 14.2 Å². The first-order chi connectivity index (χ1) is 40.0. The van der Waals surface area contributed by atoms with Gasteiger partial charge in [0.1, 0.15) is 13.2 Å². The van der Waals surface area contributed by atoms with Gasteiger partial charge >= 0.3 is 17.9 Å². The van der Waals surface area contributed by atoms with Crippen LogP contribution >= 0.6 is 0 Å². The quantitative estimate of drug-likeness (QED) is 0.0261. The fraction of sp³-hybridized carbons (Fsp3) is 0.800. The van der Waals surface area contributed by atoms with Crippen LogP contribution in [0.25, 0.3) is 0 Å². The van der Waals surface area contributed by atoms with Gasteiger partial charge in [-0.2, -0.15) is 0 Å². The minimum Gasteiger partial charge on any atom is -0.462 e. The minimum atomic E-state index is -0.781. The Balaban J connectivity index is 4.27. The molecule has 0 spiro atoms. The van der Waals surface area contributed by atoms with E-state index in [2.05, 4.69) is 93.7 Å². The fourth-order valence-corrected chi connectivity index (χ4v) is 10.4. The summed E-state index contributed by atoms with van der Waals surface area (Å²) in [5, 5.41) is 0. The molecule has 0 fully saturated rings. The highest BCUT2D eigenvalue weighted by molar-refractivity contribution is 5.71. The maximum Gasteiger partial charge on any atom is 0.306 e. The summed E-state index contributed by atoms with van der Waals surface area (Å²) in [7, 11) is 0. The molecule has 0 aliphatic rings. The van der Waals surface area contributed by atoms with Gasteiger partial charge < -0.3 is 14.2 Å². The topological polar surface area (TPSA) is 78.9 Å². The van der Waals surface area contributed by atoms with Gasteiger partial charge in [-0.15, -0.1) is 0 Å². The van der Waals surface area contributed by atoms with Crippen LogP contribution in [0.3, 0.4) is 0 Å². The van der Waals surface area contributed by atoms with Crippen LogP contribution in [0.15, 0.2) is 72.9 Å². The summed E-state index contributed by atoms with van der Waals surface area (Å²) in [5.41, 5.74) is 0. The van der Waals surface area contributed by atoms with Crippen LogP contribution < -0.4 is 0 Å². The molecule has 6 heteroatoms. The number of hydrogen-bond donors (Lipinski definition) is 0. The van der Waals surface area contributed by atoms with E-state index in [1.54, 1.807) is 0 Å². The predicted octanol–water partition coefficient (Wildman–Crippen LogP) is 24.4. The highest BCUT2D eigenvalue weighted by Crippen LogP contribution is 2.18. The van der Waals surface area contributed by atoms with Gasteiger partial charge in [0.05, 0.1) is 0 Å². The van der Waals surface area contributed by atoms with Crippen LogP contribution in [0.5, 0.6) is 0 Å². The molecule has 0 heterocycles. The molecule has 0 saturated carbocycles. The van der Waals surface area contributed by atoms with Gasteiger partial charge in [-0.1, -0.05) is 331 Å². The summed E-state index contributed by atoms with van der Waals surface area (Å²) < 4.78 is 17.0. The predicted molar refractivity (Wildman–Crippen MR) is 353 cm³/mol. The van der Waals surface area contributed by atoms with Gasteiger partial charge in [-0.25, -0.2) is 0 Å². The molecule has 0 amide bonds. The molecular formula is C75H134O6. The summed E-state index contributed by atoms with van der Waals surface area (Å²) in [6, 6.07) is 0. The Morgan fingerprint density at radius 2 is 0.481 bits per heavy atom. The van der Waals surface area contributed by atoms with Crippen LogP contribution in [0, 0.1) is 0 Å². The molecule has 0 aromatic rings. The van der Waals surface area contributed by atoms with E-state index in [-0.39, 0.29) is 31.1 Å². The molecule has 0 aliphatic heterocycles. The molecule has 0 radical (unpaired) electrons. The van der Waals surface area contributed by atoms with Crippen molar-refractivity contribution in [2.45, 2.75) is 374 Å². The van der Waals surface area contributed by atoms with E-state index in [0.29, 0.717) is 19.3 Å². The molecule has 1 atom stereocenters. The molecule has 1 unspecified atom stereocenters. The second-order valence-corrected chi connectivity index (χ2v) is 23.8. The van der Waals surface area contributed by atoms with Crippen LogP contribution in [0.1, 0.15) is 367 Å². The lowest BCUT2D eigenvalue weighted by atomic mass is 10.0. The van der Waals surface area contributed by atoms with Crippen molar-refractivity contribution in [1.29, 1.82) is 0 Å². The smallest absolute Gasteiger partial charge is 0.306 e. The highest BCUT2D eigenvalue weighted by Gasteiger charge is 2.19. The zero-order chi connectivity index (χ0) is 58.5. The zero-order valence-electron chi connectivity index (χ0n) is 54.1. The standard InChI is InChI=1S/C75H134O6/c1-4-7-10-13-16-19-22-25-27-29-31-33-35-36-37-38-40-41-43-45-47-50-53-56-59-62-65-68-74(77)80-71-72(70-79-73(76)67-64-61-58-55-52-49-24-21-18-15-12-9-6-3)81-75(78)69-66-63-60-57-54-51-48-46-44-42-39-34-32-30-28-26-23-20-17-14-11-8-5-2/h8,11,17,20,26,28-29,31-32,34,42,44,72H,4-7,9-10,12-16,18-19,21-25,27,30,33,35-41,43,45-71H2,1-3H3/b11-8-,20-17-,28-26-,31-29-,34-32-,44-42-. The molecule has 6 nitrogen and oxygen atoms in total. The first-order valence-electron chi connectivity index (χ1n) is 35.4. The Bertz CT molecular complexity index is 1490. The molecule has 0 bridgehead atoms. The molecule has 0 aromatic carbocycles. The monoisotopic (exact) mass is 1130 g/mol. The number of esters is 3. The maximum atomic E-state index is 12.9. The van der Waals surface area contributed by atoms with E-state index in [0.717, 1.165) is 96.3 Å². The van der Waals surface area contributed by atoms with Gasteiger partial charge in [0.25, 0.3) is 0 Å². The molecule has 470 valence electrons. The Hall–Kier alpha value is -3.15. The summed E-state index contributed by atoms with van der Waals surface area (Å²) in [6.07, 6.45) is 90.7. The lowest BCUT2D eigenvalue weighted by molar-refractivity contribution is -0.167. The second kappa shape index (κ2) is 69.3. The summed E-state index contributed by atoms with van der Waals surface area (Å²) in [6.45, 7) is 6.57. The van der Waals surface area contributed by atoms with Gasteiger partial charge in [0, 0.05) is 19.3 Å². The van der Waals surface area contributed by atoms with Crippen molar-refractivity contribution < 1.29 is 28.6 Å². The van der Waals surface area contributed by atoms with E-state index < -0.39 is 6.10 Å². The molecule has 0 saturated heterocycles. The molecule has 0 aliphatic carbocycles. The highest BCUT2D eigenvalue weighted by atomic mass is 16.6. The SMILES string of the molecule is CC/C=C\C/C=C\C/C=C\C/C=C\C/C=C\CCCCCCCCCC(=O)OC(COC(=O)CCCCCCCCCCCCCCC)COC(=O)CCCCCCCCCCCCCCCCC/C=C\CCCCCCCCCC. The number of hydrogen-bond acceptors (Lipinski definition) is 6. The van der Waals surface area contributed by atoms with Crippen molar-refractivity contribution in [3.8, 4) is 0 Å². The Morgan fingerprint density at radius 1 is 0.259 bits per heavy atom. The van der Waals surface area contributed by atoms with Crippen molar-refractivity contribution in [2.75, 3.05) is 13.2 Å². The first kappa shape index (κ1) is 77.9. The van der Waals surface area contributed by atoms with Crippen molar-refractivity contribution >= 4 is 17.9 Å². The number of rotatable bonds is 65. The Kier molecular flexibility index (Phi) is 66.6. The second-order valence-electron chi connectivity index (χ2n) is 23.8. The number of allylic oxidation sites excluding steroid dienone is 12. The number of unbranched alkanes of at least 4 members (excludes halogenated alkanes) is 42. The molecule has 0 N–H and O–H groups in total. The van der Waals surface area contributed by atoms with Crippen LogP contribution in [0.2, 0.25) is 0 Å². The van der Waals surface area contributed by atoms with Crippen LogP contribution in [-0.2, 0) is 28.6 Å². The summed E-state index contributed by atoms with van der Waals surface area (Å²) in [4.78, 5) is 38.4. The van der Waals surface area contributed by atoms with Gasteiger partial charge in [-0.05, 0) is 89.9 Å². The van der Waals surface area contributed by atoms with E-state index in [9.17, 15) is 14.4 Å². The Labute approximate surface area is 503 Å². The molecule has 0 rings (SSSR count). The average Bonchev–Trinajstić information content (AvgIpc) is 3.46. The molecular weight excluding hydrogens is 997 g/mol. The normalized spacial score (nSPS) is 12.5. The maximum absolute atomic E-state index is 12.9. The fourth-order valence-electron chi connectivity index (χ4n) is 10.4. The average molecular weight is 1130 g/mol. The number of carbonyl (C=O) groups is 3. The lowest BCUT2D eigenvalue weighted by Crippen LogP contribution is -2.30. The third-order valence-electron chi connectivity index (χ3n) is 15.7. The van der Waals surface area contributed by atoms with Gasteiger partial charge in [0.15, 0.2) is 6.10 Å². The third-order valence-corrected chi connectivity index (χ3v) is 15.7. The molecule has 0 aromatic heterocycles. The first-order valence-corrected chi connectivity index (χ1v) is 35.4. The Morgan fingerprint density at radius 3 is 0.765 bits per heavy atom. The van der Waals surface area contributed by atoms with Gasteiger partial charge in [0.2, 0.25) is 0 Å². The van der Waals surface area contributed by atoms with Crippen molar-refractivity contribution in [2.24, 2.45) is 0 Å². The minimum absolute atomic E-state index is 0.0757. The number of carbonyl (C=O) groups excluding carboxylic acids is 3. The van der Waals surface area contributed by atoms with Crippen molar-refractivity contribution in [3.05, 3.63) is 72.9 Å². The van der Waals surface area contributed by atoms with Crippen molar-refractivity contribution in [3.63, 3.8) is 0 Å². The zero-order valence-corrected chi connectivity index (χ0v) is 54.1. The summed E-state index contributed by atoms with van der Waals surface area (Å²) >= 11 is 0. The van der Waals surface area contributed by atoms with E-state index in [1.807, 2.05) is 0 Å². The lowest BCUT2D eigenvalue weighted by Gasteiger charge is -2.18. The summed E-state index contributed by atoms with van der Waals surface area (Å²) in [5.74, 6) is -0.865. The molecule has 81 heavy (non-hydrogen) atoms. The largest absolute Gasteiger partial charge is 0.462 e. The third kappa shape index (κ3) is 67.5. The van der Waals surface area contributed by atoms with Gasteiger partial charge in [-0.3, -0.25) is 14.4 Å². The van der Waals surface area contributed by atoms with Crippen LogP contribution in [-0.4, -0.2) is 37.2 Å². The van der Waals surface area contributed by atoms with Crippen LogP contribution in [0.4, 0.5) is 0 Å². The van der Waals surface area contributed by atoms with E-state index in [1.165, 1.54) is 231 Å².